The fraction of sp³-hybridized carbons (Fsp3) is 0.375. The van der Waals surface area contributed by atoms with Crippen LogP contribution in [0.25, 0.3) is 10.9 Å². The Kier molecular flexibility index (Phi) is 4.18. The molecule has 0 unspecified atom stereocenters. The standard InChI is InChI=1S/C16H19N3O4S/c1-11-10-18(7-8-19(11)24(2,22)23)16(21)13-9-17-14-6-4-3-5-12(14)15(13)20/h3-6,9,11H,7-8,10H2,1-2H3,(H,17,20)/t11-/m0/s1. The Morgan fingerprint density at radius 3 is 2.62 bits per heavy atom. The van der Waals surface area contributed by atoms with E-state index < -0.39 is 10.0 Å². The monoisotopic (exact) mass is 349 g/mol. The Hall–Kier alpha value is -2.19. The minimum absolute atomic E-state index is 0.0775. The molecule has 7 nitrogen and oxygen atoms in total. The average molecular weight is 349 g/mol. The van der Waals surface area contributed by atoms with E-state index in [1.807, 2.05) is 6.07 Å². The highest BCUT2D eigenvalue weighted by Gasteiger charge is 2.32. The van der Waals surface area contributed by atoms with Crippen LogP contribution in [-0.4, -0.2) is 60.4 Å². The highest BCUT2D eigenvalue weighted by molar-refractivity contribution is 7.88. The summed E-state index contributed by atoms with van der Waals surface area (Å²) < 4.78 is 24.8. The molecule has 128 valence electrons. The van der Waals surface area contributed by atoms with Crippen molar-refractivity contribution in [2.45, 2.75) is 13.0 Å². The summed E-state index contributed by atoms with van der Waals surface area (Å²) in [6.07, 6.45) is 2.59. The van der Waals surface area contributed by atoms with Crippen molar-refractivity contribution < 1.29 is 13.2 Å². The van der Waals surface area contributed by atoms with Crippen LogP contribution in [0.3, 0.4) is 0 Å². The van der Waals surface area contributed by atoms with Gasteiger partial charge in [-0.1, -0.05) is 12.1 Å². The molecule has 1 fully saturated rings. The van der Waals surface area contributed by atoms with Crippen molar-refractivity contribution in [1.29, 1.82) is 0 Å². The van der Waals surface area contributed by atoms with Crippen LogP contribution in [0.5, 0.6) is 0 Å². The maximum absolute atomic E-state index is 12.7. The smallest absolute Gasteiger partial charge is 0.259 e. The van der Waals surface area contributed by atoms with Crippen molar-refractivity contribution >= 4 is 26.8 Å². The van der Waals surface area contributed by atoms with Gasteiger partial charge in [-0.25, -0.2) is 8.42 Å². The predicted molar refractivity (Wildman–Crippen MR) is 91.5 cm³/mol. The Balaban J connectivity index is 1.88. The van der Waals surface area contributed by atoms with Gasteiger partial charge < -0.3 is 9.88 Å². The molecular formula is C16H19N3O4S. The van der Waals surface area contributed by atoms with Crippen LogP contribution in [0, 0.1) is 0 Å². The summed E-state index contributed by atoms with van der Waals surface area (Å²) in [5.41, 5.74) is 0.440. The summed E-state index contributed by atoms with van der Waals surface area (Å²) in [6, 6.07) is 6.69. The van der Waals surface area contributed by atoms with Gasteiger partial charge in [0, 0.05) is 42.8 Å². The zero-order valence-corrected chi connectivity index (χ0v) is 14.3. The number of pyridine rings is 1. The van der Waals surface area contributed by atoms with E-state index in [2.05, 4.69) is 4.98 Å². The molecule has 1 N–H and O–H groups in total. The van der Waals surface area contributed by atoms with Gasteiger partial charge >= 0.3 is 0 Å². The van der Waals surface area contributed by atoms with Crippen molar-refractivity contribution in [2.24, 2.45) is 0 Å². The molecule has 0 aliphatic carbocycles. The predicted octanol–water partition coefficient (Wildman–Crippen LogP) is 0.634. The Bertz CT molecular complexity index is 951. The van der Waals surface area contributed by atoms with Crippen molar-refractivity contribution in [3.63, 3.8) is 0 Å². The maximum atomic E-state index is 12.7. The van der Waals surface area contributed by atoms with Crippen molar-refractivity contribution in [3.05, 3.63) is 46.2 Å². The van der Waals surface area contributed by atoms with Crippen molar-refractivity contribution in [3.8, 4) is 0 Å². The number of nitrogens with zero attached hydrogens (tertiary/aromatic N) is 2. The molecule has 2 aromatic rings. The first-order valence-corrected chi connectivity index (χ1v) is 9.50. The van der Waals surface area contributed by atoms with Gasteiger partial charge in [0.2, 0.25) is 15.5 Å². The molecule has 1 aromatic carbocycles. The summed E-state index contributed by atoms with van der Waals surface area (Å²) in [5.74, 6) is -0.373. The third kappa shape index (κ3) is 2.94. The SMILES string of the molecule is C[C@H]1CN(C(=O)c2c[nH]c3ccccc3c2=O)CCN1S(C)(=O)=O. The van der Waals surface area contributed by atoms with Gasteiger partial charge in [-0.05, 0) is 19.1 Å². The van der Waals surface area contributed by atoms with E-state index in [0.29, 0.717) is 10.9 Å². The number of para-hydroxylation sites is 1. The summed E-state index contributed by atoms with van der Waals surface area (Å²) >= 11 is 0. The first-order chi connectivity index (χ1) is 11.3. The number of piperazine rings is 1. The number of amides is 1. The molecule has 1 aromatic heterocycles. The van der Waals surface area contributed by atoms with Crippen LogP contribution in [0.1, 0.15) is 17.3 Å². The summed E-state index contributed by atoms with van der Waals surface area (Å²) in [7, 11) is -3.30. The fourth-order valence-electron chi connectivity index (χ4n) is 3.11. The molecular weight excluding hydrogens is 330 g/mol. The van der Waals surface area contributed by atoms with Gasteiger partial charge in [0.25, 0.3) is 5.91 Å². The number of benzene rings is 1. The number of H-pyrrole nitrogens is 1. The van der Waals surface area contributed by atoms with Gasteiger partial charge in [-0.2, -0.15) is 4.31 Å². The highest BCUT2D eigenvalue weighted by Crippen LogP contribution is 2.15. The number of hydrogen-bond acceptors (Lipinski definition) is 4. The fourth-order valence-corrected chi connectivity index (χ4v) is 4.25. The molecule has 3 rings (SSSR count). The van der Waals surface area contributed by atoms with E-state index >= 15 is 0 Å². The number of sulfonamides is 1. The number of rotatable bonds is 2. The lowest BCUT2D eigenvalue weighted by atomic mass is 10.1. The second-order valence-electron chi connectivity index (χ2n) is 6.05. The molecule has 1 saturated heterocycles. The number of carbonyl (C=O) groups excluding carboxylic acids is 1. The van der Waals surface area contributed by atoms with E-state index in [9.17, 15) is 18.0 Å². The number of carbonyl (C=O) groups is 1. The molecule has 0 spiro atoms. The number of aromatic nitrogens is 1. The van der Waals surface area contributed by atoms with Crippen molar-refractivity contribution in [1.82, 2.24) is 14.2 Å². The topological polar surface area (TPSA) is 90.6 Å². The zero-order valence-electron chi connectivity index (χ0n) is 13.5. The third-order valence-electron chi connectivity index (χ3n) is 4.30. The van der Waals surface area contributed by atoms with E-state index in [0.717, 1.165) is 6.26 Å². The Morgan fingerprint density at radius 2 is 1.96 bits per heavy atom. The number of hydrogen-bond donors (Lipinski definition) is 1. The number of nitrogens with one attached hydrogen (secondary N) is 1. The minimum Gasteiger partial charge on any atom is -0.360 e. The molecule has 1 aliphatic heterocycles. The zero-order chi connectivity index (χ0) is 17.5. The second kappa shape index (κ2) is 6.03. The number of aromatic amines is 1. The van der Waals surface area contributed by atoms with Crippen LogP contribution in [0.2, 0.25) is 0 Å². The summed E-state index contributed by atoms with van der Waals surface area (Å²) in [6.45, 7) is 2.52. The molecule has 0 saturated carbocycles. The largest absolute Gasteiger partial charge is 0.360 e. The third-order valence-corrected chi connectivity index (χ3v) is 5.69. The molecule has 2 heterocycles. The molecule has 0 bridgehead atoms. The second-order valence-corrected chi connectivity index (χ2v) is 7.99. The molecule has 0 radical (unpaired) electrons. The van der Waals surface area contributed by atoms with Crippen LogP contribution in [-0.2, 0) is 10.0 Å². The number of fused-ring (bicyclic) bond motifs is 1. The lowest BCUT2D eigenvalue weighted by Crippen LogP contribution is -2.55. The molecule has 1 aliphatic rings. The maximum Gasteiger partial charge on any atom is 0.259 e. The molecule has 1 atom stereocenters. The Labute approximate surface area is 139 Å². The summed E-state index contributed by atoms with van der Waals surface area (Å²) in [5, 5.41) is 0.464. The van der Waals surface area contributed by atoms with E-state index in [4.69, 9.17) is 0 Å². The van der Waals surface area contributed by atoms with Gasteiger partial charge in [0.1, 0.15) is 5.56 Å². The van der Waals surface area contributed by atoms with Crippen molar-refractivity contribution in [2.75, 3.05) is 25.9 Å². The van der Waals surface area contributed by atoms with Gasteiger partial charge in [0.15, 0.2) is 0 Å². The van der Waals surface area contributed by atoms with E-state index in [1.54, 1.807) is 25.1 Å². The average Bonchev–Trinajstić information content (AvgIpc) is 2.53. The first-order valence-electron chi connectivity index (χ1n) is 7.65. The Morgan fingerprint density at radius 1 is 1.25 bits per heavy atom. The van der Waals surface area contributed by atoms with Gasteiger partial charge in [-0.3, -0.25) is 9.59 Å². The molecule has 8 heteroatoms. The quantitative estimate of drug-likeness (QED) is 0.861. The minimum atomic E-state index is -3.30. The summed E-state index contributed by atoms with van der Waals surface area (Å²) in [4.78, 5) is 29.8. The molecule has 24 heavy (non-hydrogen) atoms. The van der Waals surface area contributed by atoms with Crippen LogP contribution in [0.4, 0.5) is 0 Å². The van der Waals surface area contributed by atoms with Crippen LogP contribution >= 0.6 is 0 Å². The highest BCUT2D eigenvalue weighted by atomic mass is 32.2. The van der Waals surface area contributed by atoms with Crippen LogP contribution in [0.15, 0.2) is 35.3 Å². The lowest BCUT2D eigenvalue weighted by Gasteiger charge is -2.38. The normalized spacial score (nSPS) is 19.6. The van der Waals surface area contributed by atoms with E-state index in [-0.39, 0.29) is 42.6 Å². The first kappa shape index (κ1) is 16.7. The van der Waals surface area contributed by atoms with Gasteiger partial charge in [0.05, 0.1) is 6.26 Å². The van der Waals surface area contributed by atoms with Gasteiger partial charge in [-0.15, -0.1) is 0 Å². The molecule has 1 amide bonds. The van der Waals surface area contributed by atoms with Crippen LogP contribution < -0.4 is 5.43 Å². The van der Waals surface area contributed by atoms with E-state index in [1.165, 1.54) is 15.4 Å². The lowest BCUT2D eigenvalue weighted by molar-refractivity contribution is 0.0641.